The SMILES string of the molecule is C[C@](O)(COc1ccccc1)c1ccc2c(c1)CN(Cc1ccsc1)CCO2. The molecule has 2 heterocycles. The number of nitrogens with zero attached hydrogens (tertiary/aromatic N) is 1. The van der Waals surface area contributed by atoms with Gasteiger partial charge in [-0.05, 0) is 59.1 Å². The molecule has 1 aliphatic heterocycles. The Balaban J connectivity index is 1.49. The molecule has 3 aromatic rings. The van der Waals surface area contributed by atoms with Gasteiger partial charge in [0.15, 0.2) is 0 Å². The Bertz CT molecular complexity index is 893. The quantitative estimate of drug-likeness (QED) is 0.670. The Morgan fingerprint density at radius 1 is 1.18 bits per heavy atom. The predicted molar refractivity (Wildman–Crippen MR) is 112 cm³/mol. The van der Waals surface area contributed by atoms with Crippen LogP contribution in [0.25, 0.3) is 0 Å². The molecule has 4 rings (SSSR count). The first kappa shape index (κ1) is 19.0. The maximum atomic E-state index is 11.0. The first-order chi connectivity index (χ1) is 13.6. The summed E-state index contributed by atoms with van der Waals surface area (Å²) in [6.07, 6.45) is 0. The minimum Gasteiger partial charge on any atom is -0.492 e. The molecule has 1 aromatic heterocycles. The topological polar surface area (TPSA) is 41.9 Å². The third-order valence-corrected chi connectivity index (χ3v) is 5.72. The summed E-state index contributed by atoms with van der Waals surface area (Å²) in [5, 5.41) is 15.3. The molecule has 0 saturated carbocycles. The fourth-order valence-corrected chi connectivity index (χ4v) is 4.04. The van der Waals surface area contributed by atoms with Crippen molar-refractivity contribution in [1.29, 1.82) is 0 Å². The molecule has 146 valence electrons. The molecule has 0 fully saturated rings. The molecule has 5 heteroatoms. The molecule has 0 spiro atoms. The molecule has 2 aromatic carbocycles. The Morgan fingerprint density at radius 3 is 2.82 bits per heavy atom. The largest absolute Gasteiger partial charge is 0.492 e. The molecule has 0 radical (unpaired) electrons. The van der Waals surface area contributed by atoms with Gasteiger partial charge in [0.05, 0.1) is 0 Å². The molecule has 1 atom stereocenters. The van der Waals surface area contributed by atoms with Crippen LogP contribution in [0.15, 0.2) is 65.4 Å². The smallest absolute Gasteiger partial charge is 0.123 e. The minimum absolute atomic E-state index is 0.190. The zero-order chi connectivity index (χ0) is 19.4. The number of fused-ring (bicyclic) bond motifs is 1. The van der Waals surface area contributed by atoms with Crippen molar-refractivity contribution in [1.82, 2.24) is 4.90 Å². The van der Waals surface area contributed by atoms with Crippen LogP contribution >= 0.6 is 11.3 Å². The minimum atomic E-state index is -1.09. The van der Waals surface area contributed by atoms with Crippen molar-refractivity contribution in [3.05, 3.63) is 82.0 Å². The van der Waals surface area contributed by atoms with E-state index in [1.54, 1.807) is 18.3 Å². The normalized spacial score (nSPS) is 16.5. The molecule has 1 aliphatic rings. The van der Waals surface area contributed by atoms with Crippen LogP contribution < -0.4 is 9.47 Å². The van der Waals surface area contributed by atoms with E-state index in [0.29, 0.717) is 6.61 Å². The summed E-state index contributed by atoms with van der Waals surface area (Å²) in [5.41, 5.74) is 2.18. The van der Waals surface area contributed by atoms with E-state index in [9.17, 15) is 5.11 Å². The van der Waals surface area contributed by atoms with Gasteiger partial charge in [-0.25, -0.2) is 0 Å². The first-order valence-electron chi connectivity index (χ1n) is 9.50. The van der Waals surface area contributed by atoms with Crippen molar-refractivity contribution in [2.75, 3.05) is 19.8 Å². The van der Waals surface area contributed by atoms with Crippen molar-refractivity contribution < 1.29 is 14.6 Å². The number of rotatable bonds is 6. The number of aliphatic hydroxyl groups is 1. The average Bonchev–Trinajstić information content (AvgIpc) is 3.12. The van der Waals surface area contributed by atoms with Crippen molar-refractivity contribution in [3.63, 3.8) is 0 Å². The van der Waals surface area contributed by atoms with Crippen LogP contribution in [-0.2, 0) is 18.7 Å². The molecule has 28 heavy (non-hydrogen) atoms. The van der Waals surface area contributed by atoms with Crippen LogP contribution in [0.1, 0.15) is 23.6 Å². The van der Waals surface area contributed by atoms with Crippen molar-refractivity contribution >= 4 is 11.3 Å². The van der Waals surface area contributed by atoms with E-state index in [1.165, 1.54) is 5.56 Å². The van der Waals surface area contributed by atoms with Crippen LogP contribution in [0.2, 0.25) is 0 Å². The van der Waals surface area contributed by atoms with Crippen molar-refractivity contribution in [2.45, 2.75) is 25.6 Å². The van der Waals surface area contributed by atoms with Gasteiger partial charge in [-0.3, -0.25) is 4.90 Å². The highest BCUT2D eigenvalue weighted by molar-refractivity contribution is 7.07. The average molecular weight is 396 g/mol. The molecule has 4 nitrogen and oxygen atoms in total. The highest BCUT2D eigenvalue weighted by Crippen LogP contribution is 2.30. The van der Waals surface area contributed by atoms with Crippen molar-refractivity contribution in [2.24, 2.45) is 0 Å². The van der Waals surface area contributed by atoms with Gasteiger partial charge in [0, 0.05) is 25.2 Å². The predicted octanol–water partition coefficient (Wildman–Crippen LogP) is 4.43. The lowest BCUT2D eigenvalue weighted by atomic mass is 9.94. The van der Waals surface area contributed by atoms with Gasteiger partial charge in [-0.15, -0.1) is 0 Å². The fourth-order valence-electron chi connectivity index (χ4n) is 3.38. The van der Waals surface area contributed by atoms with Crippen LogP contribution in [0.3, 0.4) is 0 Å². The summed E-state index contributed by atoms with van der Waals surface area (Å²) in [4.78, 5) is 2.38. The molecule has 0 bridgehead atoms. The summed E-state index contributed by atoms with van der Waals surface area (Å²) in [7, 11) is 0. The molecule has 0 aliphatic carbocycles. The summed E-state index contributed by atoms with van der Waals surface area (Å²) >= 11 is 1.72. The lowest BCUT2D eigenvalue weighted by Crippen LogP contribution is -2.30. The number of ether oxygens (including phenoxy) is 2. The molecular formula is C23H25NO3S. The third-order valence-electron chi connectivity index (χ3n) is 4.99. The van der Waals surface area contributed by atoms with E-state index < -0.39 is 5.60 Å². The Labute approximate surface area is 170 Å². The van der Waals surface area contributed by atoms with Crippen LogP contribution in [-0.4, -0.2) is 29.8 Å². The highest BCUT2D eigenvalue weighted by Gasteiger charge is 2.26. The molecule has 0 unspecified atom stereocenters. The van der Waals surface area contributed by atoms with Gasteiger partial charge in [0.2, 0.25) is 0 Å². The van der Waals surface area contributed by atoms with Gasteiger partial charge in [-0.1, -0.05) is 24.3 Å². The maximum Gasteiger partial charge on any atom is 0.123 e. The summed E-state index contributed by atoms with van der Waals surface area (Å²) < 4.78 is 11.7. The van der Waals surface area contributed by atoms with E-state index in [-0.39, 0.29) is 6.61 Å². The van der Waals surface area contributed by atoms with Crippen LogP contribution in [0, 0.1) is 0 Å². The van der Waals surface area contributed by atoms with E-state index in [1.807, 2.05) is 42.5 Å². The number of hydrogen-bond donors (Lipinski definition) is 1. The summed E-state index contributed by atoms with van der Waals surface area (Å²) in [5.74, 6) is 1.65. The van der Waals surface area contributed by atoms with E-state index in [0.717, 1.165) is 42.3 Å². The second-order valence-electron chi connectivity index (χ2n) is 7.39. The second-order valence-corrected chi connectivity index (χ2v) is 8.17. The van der Waals surface area contributed by atoms with E-state index in [4.69, 9.17) is 9.47 Å². The zero-order valence-electron chi connectivity index (χ0n) is 16.0. The van der Waals surface area contributed by atoms with Gasteiger partial charge in [0.25, 0.3) is 0 Å². The standard InChI is InChI=1S/C23H25NO3S/c1-23(25,17-27-21-5-3-2-4-6-21)20-7-8-22-19(13-20)15-24(10-11-26-22)14-18-9-12-28-16-18/h2-9,12-13,16,25H,10-11,14-15,17H2,1H3/t23-/m0/s1. The maximum absolute atomic E-state index is 11.0. The van der Waals surface area contributed by atoms with Gasteiger partial charge < -0.3 is 14.6 Å². The number of hydrogen-bond acceptors (Lipinski definition) is 5. The molecule has 1 N–H and O–H groups in total. The van der Waals surface area contributed by atoms with Gasteiger partial charge >= 0.3 is 0 Å². The molecule has 0 saturated heterocycles. The molecule has 0 amide bonds. The van der Waals surface area contributed by atoms with E-state index in [2.05, 4.69) is 27.8 Å². The Kier molecular flexibility index (Phi) is 5.67. The van der Waals surface area contributed by atoms with Gasteiger partial charge in [0.1, 0.15) is 30.3 Å². The number of thiophene rings is 1. The molecular weight excluding hydrogens is 370 g/mol. The second kappa shape index (κ2) is 8.35. The van der Waals surface area contributed by atoms with Crippen molar-refractivity contribution in [3.8, 4) is 11.5 Å². The van der Waals surface area contributed by atoms with E-state index >= 15 is 0 Å². The highest BCUT2D eigenvalue weighted by atomic mass is 32.1. The lowest BCUT2D eigenvalue weighted by Gasteiger charge is -2.25. The fraction of sp³-hybridized carbons (Fsp3) is 0.304. The number of benzene rings is 2. The van der Waals surface area contributed by atoms with Crippen LogP contribution in [0.5, 0.6) is 11.5 Å². The van der Waals surface area contributed by atoms with Crippen LogP contribution in [0.4, 0.5) is 0 Å². The monoisotopic (exact) mass is 395 g/mol. The Hall–Kier alpha value is -2.34. The lowest BCUT2D eigenvalue weighted by molar-refractivity contribution is 0.00748. The first-order valence-corrected chi connectivity index (χ1v) is 10.4. The zero-order valence-corrected chi connectivity index (χ0v) is 16.8. The van der Waals surface area contributed by atoms with Gasteiger partial charge in [-0.2, -0.15) is 11.3 Å². The summed E-state index contributed by atoms with van der Waals surface area (Å²) in [6, 6.07) is 17.7. The Morgan fingerprint density at radius 2 is 2.04 bits per heavy atom. The third kappa shape index (κ3) is 4.55. The number of para-hydroxylation sites is 1. The summed E-state index contributed by atoms with van der Waals surface area (Å²) in [6.45, 7) is 5.24.